The summed E-state index contributed by atoms with van der Waals surface area (Å²) in [6, 6.07) is 11.4. The van der Waals surface area contributed by atoms with Gasteiger partial charge in [-0.15, -0.1) is 0 Å². The molecule has 29 heavy (non-hydrogen) atoms. The zero-order chi connectivity index (χ0) is 20.9. The molecule has 0 unspecified atom stereocenters. The second-order valence-electron chi connectivity index (χ2n) is 6.54. The van der Waals surface area contributed by atoms with Gasteiger partial charge in [-0.05, 0) is 36.6 Å². The van der Waals surface area contributed by atoms with Crippen molar-refractivity contribution in [3.63, 3.8) is 0 Å². The van der Waals surface area contributed by atoms with Crippen molar-refractivity contribution in [2.75, 3.05) is 17.2 Å². The van der Waals surface area contributed by atoms with Crippen molar-refractivity contribution in [1.82, 2.24) is 5.32 Å². The second kappa shape index (κ2) is 8.95. The molecule has 0 saturated carbocycles. The first-order valence-corrected chi connectivity index (χ1v) is 9.05. The van der Waals surface area contributed by atoms with Crippen LogP contribution in [0.3, 0.4) is 0 Å². The van der Waals surface area contributed by atoms with Crippen LogP contribution in [0.25, 0.3) is 0 Å². The van der Waals surface area contributed by atoms with Crippen LogP contribution in [0.5, 0.6) is 0 Å². The highest BCUT2D eigenvalue weighted by Gasteiger charge is 2.34. The number of alkyl halides is 3. The van der Waals surface area contributed by atoms with Crippen LogP contribution in [0.4, 0.5) is 29.3 Å². The van der Waals surface area contributed by atoms with Crippen molar-refractivity contribution in [3.05, 3.63) is 59.7 Å². The lowest BCUT2D eigenvalue weighted by Crippen LogP contribution is -2.29. The fraction of sp³-hybridized carbons (Fsp3) is 0.300. The minimum Gasteiger partial charge on any atom is -0.368 e. The molecule has 2 aromatic rings. The fourth-order valence-corrected chi connectivity index (χ4v) is 2.92. The van der Waals surface area contributed by atoms with Gasteiger partial charge in [0.25, 0.3) is 5.91 Å². The van der Waals surface area contributed by atoms with Gasteiger partial charge in [0.15, 0.2) is 0 Å². The van der Waals surface area contributed by atoms with E-state index in [4.69, 9.17) is 4.74 Å². The maximum atomic E-state index is 13.5. The largest absolute Gasteiger partial charge is 0.418 e. The van der Waals surface area contributed by atoms with Crippen LogP contribution < -0.4 is 16.0 Å². The minimum absolute atomic E-state index is 0.0203. The summed E-state index contributed by atoms with van der Waals surface area (Å²) < 4.78 is 45.6. The van der Waals surface area contributed by atoms with Gasteiger partial charge in [-0.3, -0.25) is 4.79 Å². The maximum Gasteiger partial charge on any atom is 0.418 e. The molecule has 0 aliphatic carbocycles. The molecule has 2 aromatic carbocycles. The van der Waals surface area contributed by atoms with E-state index >= 15 is 0 Å². The molecular formula is C20H20F3N3O3. The van der Waals surface area contributed by atoms with Gasteiger partial charge in [0.2, 0.25) is 0 Å². The zero-order valence-electron chi connectivity index (χ0n) is 15.4. The number of benzene rings is 2. The Hall–Kier alpha value is -3.07. The number of hydrogen-bond donors (Lipinski definition) is 3. The van der Waals surface area contributed by atoms with E-state index in [9.17, 15) is 22.8 Å². The van der Waals surface area contributed by atoms with E-state index in [-0.39, 0.29) is 12.2 Å². The Morgan fingerprint density at radius 3 is 2.48 bits per heavy atom. The lowest BCUT2D eigenvalue weighted by molar-refractivity contribution is -0.137. The van der Waals surface area contributed by atoms with Crippen molar-refractivity contribution in [1.29, 1.82) is 0 Å². The number of amides is 3. The van der Waals surface area contributed by atoms with Crippen molar-refractivity contribution in [2.45, 2.75) is 31.7 Å². The molecule has 6 nitrogen and oxygen atoms in total. The Morgan fingerprint density at radius 1 is 1.07 bits per heavy atom. The van der Waals surface area contributed by atoms with E-state index in [1.54, 1.807) is 24.3 Å². The van der Waals surface area contributed by atoms with Gasteiger partial charge >= 0.3 is 12.2 Å². The highest BCUT2D eigenvalue weighted by Crippen LogP contribution is 2.36. The number of carbonyl (C=O) groups excluding carboxylic acids is 2. The lowest BCUT2D eigenvalue weighted by Gasteiger charge is -2.17. The Bertz CT molecular complexity index is 866. The number of ether oxygens (including phenoxy) is 1. The van der Waals surface area contributed by atoms with Gasteiger partial charge < -0.3 is 20.7 Å². The SMILES string of the molecule is O=C(NCc1ccccc1)Nc1ccc(NC(=O)[C@@H]2CCCO2)cc1C(F)(F)F. The third kappa shape index (κ3) is 5.71. The highest BCUT2D eigenvalue weighted by molar-refractivity contribution is 5.95. The maximum absolute atomic E-state index is 13.5. The van der Waals surface area contributed by atoms with Crippen molar-refractivity contribution < 1.29 is 27.5 Å². The van der Waals surface area contributed by atoms with Crippen molar-refractivity contribution in [2.24, 2.45) is 0 Å². The summed E-state index contributed by atoms with van der Waals surface area (Å²) in [6.07, 6.45) is -4.12. The van der Waals surface area contributed by atoms with E-state index in [0.717, 1.165) is 24.1 Å². The normalized spacial score (nSPS) is 16.3. The summed E-state index contributed by atoms with van der Waals surface area (Å²) in [5.74, 6) is -0.489. The molecule has 1 saturated heterocycles. The summed E-state index contributed by atoms with van der Waals surface area (Å²) in [7, 11) is 0. The first kappa shape index (κ1) is 20.7. The molecule has 1 aliphatic heterocycles. The fourth-order valence-electron chi connectivity index (χ4n) is 2.92. The Balaban J connectivity index is 1.68. The number of hydrogen-bond acceptors (Lipinski definition) is 3. The molecule has 3 N–H and O–H groups in total. The molecular weight excluding hydrogens is 387 g/mol. The lowest BCUT2D eigenvalue weighted by atomic mass is 10.1. The summed E-state index contributed by atoms with van der Waals surface area (Å²) in [6.45, 7) is 0.621. The average Bonchev–Trinajstić information content (AvgIpc) is 3.22. The van der Waals surface area contributed by atoms with E-state index in [0.29, 0.717) is 13.0 Å². The second-order valence-corrected chi connectivity index (χ2v) is 6.54. The Morgan fingerprint density at radius 2 is 1.83 bits per heavy atom. The van der Waals surface area contributed by atoms with Crippen LogP contribution in [-0.4, -0.2) is 24.6 Å². The van der Waals surface area contributed by atoms with Crippen molar-refractivity contribution in [3.8, 4) is 0 Å². The third-order valence-corrected chi connectivity index (χ3v) is 4.36. The standard InChI is InChI=1S/C20H20F3N3O3/c21-20(22,23)15-11-14(25-18(27)17-7-4-10-29-17)8-9-16(15)26-19(28)24-12-13-5-2-1-3-6-13/h1-3,5-6,8-9,11,17H,4,7,10,12H2,(H,25,27)(H2,24,26,28)/t17-/m0/s1. The Kier molecular flexibility index (Phi) is 6.38. The van der Waals surface area contributed by atoms with Crippen LogP contribution in [0.2, 0.25) is 0 Å². The molecule has 9 heteroatoms. The van der Waals surface area contributed by atoms with Crippen LogP contribution in [0.15, 0.2) is 48.5 Å². The van der Waals surface area contributed by atoms with Crippen LogP contribution in [-0.2, 0) is 22.3 Å². The van der Waals surface area contributed by atoms with Gasteiger partial charge in [0.1, 0.15) is 6.10 Å². The van der Waals surface area contributed by atoms with Crippen molar-refractivity contribution >= 4 is 23.3 Å². The molecule has 0 spiro atoms. The molecule has 3 rings (SSSR count). The molecule has 0 bridgehead atoms. The minimum atomic E-state index is -4.72. The quantitative estimate of drug-likeness (QED) is 0.697. The first-order valence-electron chi connectivity index (χ1n) is 9.05. The van der Waals surface area contributed by atoms with Crippen LogP contribution in [0.1, 0.15) is 24.0 Å². The van der Waals surface area contributed by atoms with Crippen LogP contribution >= 0.6 is 0 Å². The molecule has 0 radical (unpaired) electrons. The average molecular weight is 407 g/mol. The van der Waals surface area contributed by atoms with Crippen LogP contribution in [0, 0.1) is 0 Å². The number of urea groups is 1. The van der Waals surface area contributed by atoms with Gasteiger partial charge in [-0.1, -0.05) is 30.3 Å². The molecule has 0 aromatic heterocycles. The summed E-state index contributed by atoms with van der Waals surface area (Å²) in [5, 5.41) is 7.15. The first-order chi connectivity index (χ1) is 13.8. The zero-order valence-corrected chi connectivity index (χ0v) is 15.4. The number of anilines is 2. The molecule has 1 aliphatic rings. The van der Waals surface area contributed by atoms with Gasteiger partial charge in [-0.2, -0.15) is 13.2 Å². The highest BCUT2D eigenvalue weighted by atomic mass is 19.4. The monoisotopic (exact) mass is 407 g/mol. The molecule has 1 fully saturated rings. The summed E-state index contributed by atoms with van der Waals surface area (Å²) in [4.78, 5) is 24.1. The van der Waals surface area contributed by atoms with Gasteiger partial charge in [0, 0.05) is 18.8 Å². The van der Waals surface area contributed by atoms with E-state index in [2.05, 4.69) is 16.0 Å². The molecule has 3 amide bonds. The summed E-state index contributed by atoms with van der Waals surface area (Å²) >= 11 is 0. The topological polar surface area (TPSA) is 79.5 Å². The van der Waals surface area contributed by atoms with Gasteiger partial charge in [0.05, 0.1) is 11.3 Å². The van der Waals surface area contributed by atoms with Gasteiger partial charge in [-0.25, -0.2) is 4.79 Å². The molecule has 1 atom stereocenters. The number of carbonyl (C=O) groups is 2. The Labute approximate surface area is 165 Å². The number of nitrogens with one attached hydrogen (secondary N) is 3. The third-order valence-electron chi connectivity index (χ3n) is 4.36. The van der Waals surface area contributed by atoms with E-state index in [1.165, 1.54) is 6.07 Å². The predicted molar refractivity (Wildman–Crippen MR) is 101 cm³/mol. The summed E-state index contributed by atoms with van der Waals surface area (Å²) in [5.41, 5.74) is -0.672. The smallest absolute Gasteiger partial charge is 0.368 e. The number of rotatable bonds is 5. The molecule has 154 valence electrons. The predicted octanol–water partition coefficient (Wildman–Crippen LogP) is 4.14. The number of halogens is 3. The van der Waals surface area contributed by atoms with E-state index in [1.807, 2.05) is 6.07 Å². The van der Waals surface area contributed by atoms with E-state index < -0.39 is 35.5 Å². The molecule has 1 heterocycles.